The van der Waals surface area contributed by atoms with Crippen molar-refractivity contribution < 1.29 is 4.74 Å². The number of hydrogen-bond donors (Lipinski definition) is 1. The maximum absolute atomic E-state index is 5.74. The highest BCUT2D eigenvalue weighted by atomic mass is 16.5. The molecule has 0 bridgehead atoms. The molecule has 3 atom stereocenters. The van der Waals surface area contributed by atoms with E-state index in [9.17, 15) is 0 Å². The zero-order chi connectivity index (χ0) is 13.1. The van der Waals surface area contributed by atoms with Crippen LogP contribution in [0.25, 0.3) is 0 Å². The van der Waals surface area contributed by atoms with Crippen molar-refractivity contribution in [2.75, 3.05) is 13.7 Å². The third kappa shape index (κ3) is 2.82. The van der Waals surface area contributed by atoms with E-state index in [0.717, 1.165) is 6.61 Å². The monoisotopic (exact) mass is 260 g/mol. The van der Waals surface area contributed by atoms with Crippen LogP contribution in [0.5, 0.6) is 0 Å². The lowest BCUT2D eigenvalue weighted by Crippen LogP contribution is -2.32. The number of rotatable bonds is 5. The van der Waals surface area contributed by atoms with Gasteiger partial charge in [0.1, 0.15) is 0 Å². The lowest BCUT2D eigenvalue weighted by molar-refractivity contribution is 0.0988. The molecule has 3 heteroatoms. The second-order valence-electron chi connectivity index (χ2n) is 5.80. The quantitative estimate of drug-likeness (QED) is 0.884. The molecule has 2 aliphatic rings. The zero-order valence-electron chi connectivity index (χ0n) is 11.8. The molecule has 104 valence electrons. The summed E-state index contributed by atoms with van der Waals surface area (Å²) in [6.45, 7) is 0.961. The third-order valence-corrected chi connectivity index (χ3v) is 4.68. The van der Waals surface area contributed by atoms with Gasteiger partial charge in [0.2, 0.25) is 0 Å². The van der Waals surface area contributed by atoms with Gasteiger partial charge in [0.15, 0.2) is 0 Å². The summed E-state index contributed by atoms with van der Waals surface area (Å²) < 4.78 is 5.74. The molecular weight excluding hydrogens is 236 g/mol. The number of fused-ring (bicyclic) bond motifs is 1. The number of ether oxygens (including phenoxy) is 1. The van der Waals surface area contributed by atoms with Gasteiger partial charge in [-0.2, -0.15) is 0 Å². The standard InChI is InChI=1S/C16H24N2O/c1-17-15(9-7-13-5-3-11-19-13)14-8-6-12-4-2-10-18-16(12)14/h2,4,10,13-15,17H,3,5-9,11H2,1H3. The first-order chi connectivity index (χ1) is 9.38. The van der Waals surface area contributed by atoms with E-state index >= 15 is 0 Å². The number of aryl methyl sites for hydroxylation is 1. The van der Waals surface area contributed by atoms with Crippen LogP contribution in [0.15, 0.2) is 18.3 Å². The molecule has 1 aliphatic heterocycles. The normalized spacial score (nSPS) is 27.4. The predicted molar refractivity (Wildman–Crippen MR) is 76.4 cm³/mol. The fourth-order valence-electron chi connectivity index (χ4n) is 3.62. The molecular formula is C16H24N2O. The molecule has 1 aliphatic carbocycles. The van der Waals surface area contributed by atoms with Crippen LogP contribution in [0.3, 0.4) is 0 Å². The second kappa shape index (κ2) is 6.02. The van der Waals surface area contributed by atoms with Crippen molar-refractivity contribution in [3.8, 4) is 0 Å². The molecule has 1 saturated heterocycles. The Kier molecular flexibility index (Phi) is 4.14. The molecule has 3 nitrogen and oxygen atoms in total. The van der Waals surface area contributed by atoms with E-state index in [2.05, 4.69) is 29.5 Å². The molecule has 19 heavy (non-hydrogen) atoms. The van der Waals surface area contributed by atoms with Crippen molar-refractivity contribution >= 4 is 0 Å². The summed E-state index contributed by atoms with van der Waals surface area (Å²) in [6, 6.07) is 4.83. The number of aromatic nitrogens is 1. The Morgan fingerprint density at radius 3 is 3.21 bits per heavy atom. The van der Waals surface area contributed by atoms with Crippen molar-refractivity contribution in [1.82, 2.24) is 10.3 Å². The fraction of sp³-hybridized carbons (Fsp3) is 0.688. The van der Waals surface area contributed by atoms with E-state index in [-0.39, 0.29) is 0 Å². The highest BCUT2D eigenvalue weighted by molar-refractivity contribution is 5.29. The Morgan fingerprint density at radius 2 is 2.42 bits per heavy atom. The SMILES string of the molecule is CNC(CCC1CCCO1)C1CCc2cccnc21. The molecule has 0 spiro atoms. The number of nitrogens with zero attached hydrogens (tertiary/aromatic N) is 1. The Balaban J connectivity index is 1.62. The summed E-state index contributed by atoms with van der Waals surface area (Å²) in [7, 11) is 2.08. The lowest BCUT2D eigenvalue weighted by Gasteiger charge is -2.24. The summed E-state index contributed by atoms with van der Waals surface area (Å²) in [4.78, 5) is 4.62. The topological polar surface area (TPSA) is 34.1 Å². The molecule has 1 fully saturated rings. The summed E-state index contributed by atoms with van der Waals surface area (Å²) in [5.74, 6) is 0.586. The second-order valence-corrected chi connectivity index (χ2v) is 5.80. The summed E-state index contributed by atoms with van der Waals surface area (Å²) >= 11 is 0. The van der Waals surface area contributed by atoms with E-state index in [1.165, 1.54) is 49.8 Å². The maximum atomic E-state index is 5.74. The van der Waals surface area contributed by atoms with Crippen molar-refractivity contribution in [3.05, 3.63) is 29.6 Å². The van der Waals surface area contributed by atoms with Crippen LogP contribution in [0.2, 0.25) is 0 Å². The first-order valence-corrected chi connectivity index (χ1v) is 7.61. The van der Waals surface area contributed by atoms with Gasteiger partial charge in [-0.15, -0.1) is 0 Å². The highest BCUT2D eigenvalue weighted by Gasteiger charge is 2.30. The molecule has 1 N–H and O–H groups in total. The third-order valence-electron chi connectivity index (χ3n) is 4.68. The Bertz CT molecular complexity index is 415. The van der Waals surface area contributed by atoms with Crippen LogP contribution in [0.4, 0.5) is 0 Å². The molecule has 0 radical (unpaired) electrons. The number of nitrogens with one attached hydrogen (secondary N) is 1. The minimum Gasteiger partial charge on any atom is -0.378 e. The summed E-state index contributed by atoms with van der Waals surface area (Å²) in [5, 5.41) is 3.51. The largest absolute Gasteiger partial charge is 0.378 e. The van der Waals surface area contributed by atoms with Gasteiger partial charge >= 0.3 is 0 Å². The van der Waals surface area contributed by atoms with Crippen LogP contribution in [0.1, 0.15) is 49.3 Å². The van der Waals surface area contributed by atoms with E-state index in [1.54, 1.807) is 0 Å². The minimum absolute atomic E-state index is 0.500. The Hall–Kier alpha value is -0.930. The van der Waals surface area contributed by atoms with Crippen molar-refractivity contribution in [2.45, 2.75) is 56.6 Å². The van der Waals surface area contributed by atoms with Gasteiger partial charge in [0.05, 0.1) is 6.10 Å². The van der Waals surface area contributed by atoms with Gasteiger partial charge in [0, 0.05) is 30.5 Å². The van der Waals surface area contributed by atoms with Crippen LogP contribution in [0, 0.1) is 0 Å². The fourth-order valence-corrected chi connectivity index (χ4v) is 3.62. The van der Waals surface area contributed by atoms with Gasteiger partial charge in [-0.3, -0.25) is 4.98 Å². The van der Waals surface area contributed by atoms with Gasteiger partial charge in [-0.1, -0.05) is 6.07 Å². The molecule has 0 saturated carbocycles. The molecule has 0 amide bonds. The van der Waals surface area contributed by atoms with Gasteiger partial charge in [-0.05, 0) is 57.2 Å². The number of hydrogen-bond acceptors (Lipinski definition) is 3. The predicted octanol–water partition coefficient (Wildman–Crippen LogP) is 2.66. The Morgan fingerprint density at radius 1 is 1.47 bits per heavy atom. The van der Waals surface area contributed by atoms with Crippen molar-refractivity contribution in [1.29, 1.82) is 0 Å². The van der Waals surface area contributed by atoms with E-state index in [0.29, 0.717) is 18.1 Å². The number of pyridine rings is 1. The average Bonchev–Trinajstić information content (AvgIpc) is 3.09. The Labute approximate surface area is 115 Å². The first-order valence-electron chi connectivity index (χ1n) is 7.61. The number of likely N-dealkylation sites (N-methyl/N-ethyl adjacent to an activating group) is 1. The molecule has 3 unspecified atom stereocenters. The van der Waals surface area contributed by atoms with Crippen LogP contribution >= 0.6 is 0 Å². The van der Waals surface area contributed by atoms with E-state index < -0.39 is 0 Å². The molecule has 2 heterocycles. The molecule has 1 aromatic rings. The zero-order valence-corrected chi connectivity index (χ0v) is 11.8. The summed E-state index contributed by atoms with van der Waals surface area (Å²) in [6.07, 6.45) is 9.73. The summed E-state index contributed by atoms with van der Waals surface area (Å²) in [5.41, 5.74) is 2.78. The molecule has 1 aromatic heterocycles. The molecule has 3 rings (SSSR count). The highest BCUT2D eigenvalue weighted by Crippen LogP contribution is 2.35. The smallest absolute Gasteiger partial charge is 0.0576 e. The van der Waals surface area contributed by atoms with Crippen LogP contribution in [-0.2, 0) is 11.2 Å². The van der Waals surface area contributed by atoms with Crippen molar-refractivity contribution in [3.63, 3.8) is 0 Å². The average molecular weight is 260 g/mol. The van der Waals surface area contributed by atoms with E-state index in [4.69, 9.17) is 4.74 Å². The lowest BCUT2D eigenvalue weighted by atomic mass is 9.92. The van der Waals surface area contributed by atoms with Crippen molar-refractivity contribution in [2.24, 2.45) is 0 Å². The first kappa shape index (κ1) is 13.1. The van der Waals surface area contributed by atoms with Crippen LogP contribution in [-0.4, -0.2) is 30.8 Å². The van der Waals surface area contributed by atoms with Crippen LogP contribution < -0.4 is 5.32 Å². The van der Waals surface area contributed by atoms with E-state index in [1.807, 2.05) is 6.20 Å². The van der Waals surface area contributed by atoms with Gasteiger partial charge in [0.25, 0.3) is 0 Å². The minimum atomic E-state index is 0.500. The van der Waals surface area contributed by atoms with Gasteiger partial charge < -0.3 is 10.1 Å². The molecule has 0 aromatic carbocycles. The van der Waals surface area contributed by atoms with Gasteiger partial charge in [-0.25, -0.2) is 0 Å². The maximum Gasteiger partial charge on any atom is 0.0576 e.